The van der Waals surface area contributed by atoms with Gasteiger partial charge in [0.15, 0.2) is 0 Å². The lowest BCUT2D eigenvalue weighted by atomic mass is 9.95. The predicted octanol–water partition coefficient (Wildman–Crippen LogP) is 2.75. The summed E-state index contributed by atoms with van der Waals surface area (Å²) < 4.78 is 0. The summed E-state index contributed by atoms with van der Waals surface area (Å²) in [4.78, 5) is 0. The Morgan fingerprint density at radius 1 is 1.50 bits per heavy atom. The molecule has 0 saturated heterocycles. The van der Waals surface area contributed by atoms with Gasteiger partial charge >= 0.3 is 0 Å². The van der Waals surface area contributed by atoms with Crippen molar-refractivity contribution >= 4 is 6.21 Å². The van der Waals surface area contributed by atoms with Gasteiger partial charge < -0.3 is 5.21 Å². The first-order valence-corrected chi connectivity index (χ1v) is 4.42. The van der Waals surface area contributed by atoms with Crippen molar-refractivity contribution < 1.29 is 5.21 Å². The number of nitrogens with zero attached hydrogens (tertiary/aromatic N) is 1. The zero-order valence-electron chi connectivity index (χ0n) is 7.19. The molecule has 1 N–H and O–H groups in total. The van der Waals surface area contributed by atoms with E-state index in [0.717, 1.165) is 19.3 Å². The van der Waals surface area contributed by atoms with Crippen molar-refractivity contribution in [3.63, 3.8) is 0 Å². The summed E-state index contributed by atoms with van der Waals surface area (Å²) in [5.41, 5.74) is 0. The van der Waals surface area contributed by atoms with Crippen LogP contribution < -0.4 is 0 Å². The van der Waals surface area contributed by atoms with Gasteiger partial charge in [0.1, 0.15) is 0 Å². The van der Waals surface area contributed by atoms with Crippen molar-refractivity contribution in [2.24, 2.45) is 11.1 Å². The fourth-order valence-electron chi connectivity index (χ4n) is 1.37. The van der Waals surface area contributed by atoms with Crippen LogP contribution in [0.15, 0.2) is 29.5 Å². The van der Waals surface area contributed by atoms with Gasteiger partial charge in [0.05, 0.1) is 0 Å². The summed E-state index contributed by atoms with van der Waals surface area (Å²) in [6.07, 6.45) is 14.5. The Hall–Kier alpha value is -1.05. The summed E-state index contributed by atoms with van der Waals surface area (Å²) in [6.45, 7) is 0. The van der Waals surface area contributed by atoms with E-state index in [0.29, 0.717) is 5.92 Å². The summed E-state index contributed by atoms with van der Waals surface area (Å²) in [5.74, 6) is 0.696. The monoisotopic (exact) mass is 165 g/mol. The molecule has 0 aliphatic heterocycles. The molecule has 2 heteroatoms. The van der Waals surface area contributed by atoms with Crippen LogP contribution >= 0.6 is 0 Å². The van der Waals surface area contributed by atoms with Gasteiger partial charge in [-0.2, -0.15) is 0 Å². The van der Waals surface area contributed by atoms with Crippen LogP contribution in [0.25, 0.3) is 0 Å². The zero-order chi connectivity index (χ0) is 8.65. The van der Waals surface area contributed by atoms with Crippen LogP contribution in [0.4, 0.5) is 0 Å². The Labute approximate surface area is 73.3 Å². The molecule has 0 aromatic rings. The molecule has 0 radical (unpaired) electrons. The Bertz CT molecular complexity index is 194. The number of unbranched alkanes of at least 4 members (excludes halogenated alkanes) is 1. The summed E-state index contributed by atoms with van der Waals surface area (Å²) in [7, 11) is 0. The molecule has 0 aromatic heterocycles. The van der Waals surface area contributed by atoms with E-state index in [1.54, 1.807) is 6.21 Å². The van der Waals surface area contributed by atoms with Crippen molar-refractivity contribution in [3.05, 3.63) is 24.3 Å². The minimum absolute atomic E-state index is 0.696. The largest absolute Gasteiger partial charge is 0.411 e. The first-order valence-electron chi connectivity index (χ1n) is 4.42. The topological polar surface area (TPSA) is 32.6 Å². The molecule has 1 atom stereocenters. The highest BCUT2D eigenvalue weighted by molar-refractivity contribution is 5.55. The Morgan fingerprint density at radius 3 is 3.08 bits per heavy atom. The quantitative estimate of drug-likeness (QED) is 0.295. The molecule has 2 nitrogen and oxygen atoms in total. The van der Waals surface area contributed by atoms with Crippen molar-refractivity contribution in [1.82, 2.24) is 0 Å². The van der Waals surface area contributed by atoms with Crippen LogP contribution in [0.5, 0.6) is 0 Å². The highest BCUT2D eigenvalue weighted by Gasteiger charge is 2.03. The standard InChI is InChI=1S/C10H15NO/c12-11-9-5-4-8-10-6-2-1-3-7-10/h1-3,6,9-10,12H,4-5,7-8H2. The number of rotatable bonds is 4. The van der Waals surface area contributed by atoms with Crippen molar-refractivity contribution in [2.45, 2.75) is 25.7 Å². The number of oxime groups is 1. The molecule has 0 spiro atoms. The summed E-state index contributed by atoms with van der Waals surface area (Å²) >= 11 is 0. The van der Waals surface area contributed by atoms with Gasteiger partial charge in [0.2, 0.25) is 0 Å². The molecule has 0 saturated carbocycles. The SMILES string of the molecule is ON=CCCCC1C=CC=CC1. The summed E-state index contributed by atoms with van der Waals surface area (Å²) in [6, 6.07) is 0. The molecule has 0 aromatic carbocycles. The lowest BCUT2D eigenvalue weighted by molar-refractivity contribution is 0.320. The van der Waals surface area contributed by atoms with Crippen LogP contribution in [0.2, 0.25) is 0 Å². The number of hydrogen-bond acceptors (Lipinski definition) is 2. The smallest absolute Gasteiger partial charge is 0.0435 e. The second kappa shape index (κ2) is 5.58. The third-order valence-electron chi connectivity index (χ3n) is 2.06. The van der Waals surface area contributed by atoms with Crippen LogP contribution in [0.1, 0.15) is 25.7 Å². The van der Waals surface area contributed by atoms with Gasteiger partial charge in [-0.05, 0) is 31.6 Å². The summed E-state index contributed by atoms with van der Waals surface area (Å²) in [5, 5.41) is 11.1. The highest BCUT2D eigenvalue weighted by Crippen LogP contribution is 2.17. The Morgan fingerprint density at radius 2 is 2.42 bits per heavy atom. The first kappa shape index (κ1) is 9.04. The maximum atomic E-state index is 8.15. The van der Waals surface area contributed by atoms with E-state index in [9.17, 15) is 0 Å². The van der Waals surface area contributed by atoms with E-state index < -0.39 is 0 Å². The van der Waals surface area contributed by atoms with Crippen molar-refractivity contribution in [1.29, 1.82) is 0 Å². The van der Waals surface area contributed by atoms with Gasteiger partial charge in [-0.3, -0.25) is 0 Å². The van der Waals surface area contributed by atoms with Gasteiger partial charge in [-0.15, -0.1) is 5.16 Å². The van der Waals surface area contributed by atoms with E-state index in [4.69, 9.17) is 5.21 Å². The third-order valence-corrected chi connectivity index (χ3v) is 2.06. The van der Waals surface area contributed by atoms with Crippen LogP contribution in [0.3, 0.4) is 0 Å². The number of hydrogen-bond donors (Lipinski definition) is 1. The minimum Gasteiger partial charge on any atom is -0.411 e. The molecule has 12 heavy (non-hydrogen) atoms. The van der Waals surface area contributed by atoms with E-state index in [1.807, 2.05) is 0 Å². The molecular weight excluding hydrogens is 150 g/mol. The lowest BCUT2D eigenvalue weighted by Crippen LogP contribution is -1.97. The number of allylic oxidation sites excluding steroid dienone is 4. The second-order valence-corrected chi connectivity index (χ2v) is 3.04. The third kappa shape index (κ3) is 3.37. The second-order valence-electron chi connectivity index (χ2n) is 3.04. The van der Waals surface area contributed by atoms with E-state index in [1.165, 1.54) is 6.42 Å². The van der Waals surface area contributed by atoms with Crippen LogP contribution in [-0.4, -0.2) is 11.4 Å². The maximum Gasteiger partial charge on any atom is 0.0435 e. The molecule has 0 fully saturated rings. The van der Waals surface area contributed by atoms with E-state index >= 15 is 0 Å². The highest BCUT2D eigenvalue weighted by atomic mass is 16.4. The molecule has 1 aliphatic rings. The molecule has 0 heterocycles. The maximum absolute atomic E-state index is 8.15. The molecule has 1 rings (SSSR count). The fourth-order valence-corrected chi connectivity index (χ4v) is 1.37. The van der Waals surface area contributed by atoms with Gasteiger partial charge in [-0.25, -0.2) is 0 Å². The van der Waals surface area contributed by atoms with Crippen molar-refractivity contribution in [3.8, 4) is 0 Å². The molecule has 0 bridgehead atoms. The molecule has 66 valence electrons. The van der Waals surface area contributed by atoms with E-state index in [2.05, 4.69) is 29.5 Å². The molecule has 1 unspecified atom stereocenters. The predicted molar refractivity (Wildman–Crippen MR) is 50.5 cm³/mol. The average molecular weight is 165 g/mol. The van der Waals surface area contributed by atoms with Crippen LogP contribution in [-0.2, 0) is 0 Å². The normalized spacial score (nSPS) is 22.2. The van der Waals surface area contributed by atoms with Gasteiger partial charge in [-0.1, -0.05) is 24.3 Å². The molecular formula is C10H15NO. The van der Waals surface area contributed by atoms with Gasteiger partial charge in [0, 0.05) is 6.21 Å². The van der Waals surface area contributed by atoms with Gasteiger partial charge in [0.25, 0.3) is 0 Å². The van der Waals surface area contributed by atoms with Crippen molar-refractivity contribution in [2.75, 3.05) is 0 Å². The Balaban J connectivity index is 2.07. The molecule has 1 aliphatic carbocycles. The Kier molecular flexibility index (Phi) is 4.21. The minimum atomic E-state index is 0.696. The lowest BCUT2D eigenvalue weighted by Gasteiger charge is -2.10. The average Bonchev–Trinajstić information content (AvgIpc) is 2.14. The van der Waals surface area contributed by atoms with Crippen LogP contribution in [0, 0.1) is 5.92 Å². The zero-order valence-corrected chi connectivity index (χ0v) is 7.19. The van der Waals surface area contributed by atoms with E-state index in [-0.39, 0.29) is 0 Å². The first-order chi connectivity index (χ1) is 5.93. The molecule has 0 amide bonds. The fraction of sp³-hybridized carbons (Fsp3) is 0.500.